The van der Waals surface area contributed by atoms with E-state index in [4.69, 9.17) is 0 Å². The van der Waals surface area contributed by atoms with Crippen LogP contribution >= 0.6 is 0 Å². The molecule has 0 unspecified atom stereocenters. The van der Waals surface area contributed by atoms with Crippen molar-refractivity contribution in [2.45, 2.75) is 83.8 Å². The van der Waals surface area contributed by atoms with Crippen molar-refractivity contribution < 1.29 is 29.1 Å². The van der Waals surface area contributed by atoms with Gasteiger partial charge in [-0.15, -0.1) is 10.2 Å². The molecule has 1 aliphatic carbocycles. The number of nitrogens with zero attached hydrogens (tertiary/aromatic N) is 4. The van der Waals surface area contributed by atoms with Crippen LogP contribution in [0, 0.1) is 11.3 Å². The number of carbonyl (C=O) groups is 5. The fourth-order valence-electron chi connectivity index (χ4n) is 5.93. The maximum atomic E-state index is 13.5. The summed E-state index contributed by atoms with van der Waals surface area (Å²) in [4.78, 5) is 65.7. The van der Waals surface area contributed by atoms with E-state index in [0.717, 1.165) is 18.4 Å². The number of aromatic amines is 1. The lowest BCUT2D eigenvalue weighted by Gasteiger charge is -2.29. The van der Waals surface area contributed by atoms with E-state index in [1.165, 1.54) is 4.90 Å². The van der Waals surface area contributed by atoms with Gasteiger partial charge < -0.3 is 21.1 Å². The highest BCUT2D eigenvalue weighted by molar-refractivity contribution is 6.05. The summed E-state index contributed by atoms with van der Waals surface area (Å²) in [6, 6.07) is 5.46. The lowest BCUT2D eigenvalue weighted by Crippen LogP contribution is -2.54. The fourth-order valence-corrected chi connectivity index (χ4v) is 5.93. The molecule has 0 bridgehead atoms. The molecular formula is C28H38N8O6. The standard InChI is InChI=1S/C28H38N8O6/c1-3-17(2)25(31-22(37)13-28(14-24(39)40)10-6-7-11-28)27(42)30-16-23(38)36-19-9-5-4-8-18(19)12-20(36)26(41)29-15-21-32-34-35-33-21/h4-5,8-9,17,20,25H,3,6-7,10-16H2,1-2H3,(H,29,41)(H,30,42)(H,31,37)(H,39,40)(H,32,33,34,35)/t17-,20-,25-/m0/s1. The molecule has 0 spiro atoms. The fraction of sp³-hybridized carbons (Fsp3) is 0.571. The van der Waals surface area contributed by atoms with Crippen molar-refractivity contribution in [2.24, 2.45) is 11.3 Å². The molecule has 5 N–H and O–H groups in total. The monoisotopic (exact) mass is 582 g/mol. The van der Waals surface area contributed by atoms with Crippen LogP contribution in [0.3, 0.4) is 0 Å². The molecule has 1 aliphatic heterocycles. The molecule has 1 fully saturated rings. The molecule has 14 heteroatoms. The number of nitrogens with one attached hydrogen (secondary N) is 4. The molecule has 2 aromatic rings. The van der Waals surface area contributed by atoms with E-state index < -0.39 is 41.2 Å². The van der Waals surface area contributed by atoms with Gasteiger partial charge in [-0.25, -0.2) is 0 Å². The van der Waals surface area contributed by atoms with E-state index >= 15 is 0 Å². The first-order valence-electron chi connectivity index (χ1n) is 14.3. The van der Waals surface area contributed by atoms with Gasteiger partial charge >= 0.3 is 5.97 Å². The average molecular weight is 583 g/mol. The van der Waals surface area contributed by atoms with Gasteiger partial charge in [-0.2, -0.15) is 5.21 Å². The van der Waals surface area contributed by atoms with Gasteiger partial charge in [-0.1, -0.05) is 56.5 Å². The highest BCUT2D eigenvalue weighted by Crippen LogP contribution is 2.44. The van der Waals surface area contributed by atoms with Gasteiger partial charge in [0.15, 0.2) is 5.82 Å². The number of carboxylic acid groups (broad SMARTS) is 1. The number of H-pyrrole nitrogens is 1. The topological polar surface area (TPSA) is 199 Å². The summed E-state index contributed by atoms with van der Waals surface area (Å²) in [5.74, 6) is -2.66. The van der Waals surface area contributed by atoms with Crippen molar-refractivity contribution in [2.75, 3.05) is 11.4 Å². The number of carbonyl (C=O) groups excluding carboxylic acids is 4. The van der Waals surface area contributed by atoms with Gasteiger partial charge in [0.2, 0.25) is 23.6 Å². The summed E-state index contributed by atoms with van der Waals surface area (Å²) in [6.07, 6.45) is 3.89. The molecule has 4 rings (SSSR count). The third-order valence-corrected chi connectivity index (χ3v) is 8.31. The summed E-state index contributed by atoms with van der Waals surface area (Å²) in [5.41, 5.74) is 0.803. The number of amides is 4. The first kappa shape index (κ1) is 30.6. The smallest absolute Gasteiger partial charge is 0.303 e. The number of tetrazole rings is 1. The molecule has 3 atom stereocenters. The summed E-state index contributed by atoms with van der Waals surface area (Å²) in [5, 5.41) is 31.0. The van der Waals surface area contributed by atoms with Crippen molar-refractivity contribution >= 4 is 35.3 Å². The number of aliphatic carboxylic acids is 1. The van der Waals surface area contributed by atoms with Crippen LogP contribution in [0.15, 0.2) is 24.3 Å². The number of rotatable bonds is 13. The molecule has 1 aromatic carbocycles. The number of benzene rings is 1. The lowest BCUT2D eigenvalue weighted by molar-refractivity contribution is -0.141. The highest BCUT2D eigenvalue weighted by Gasteiger charge is 2.40. The first-order chi connectivity index (χ1) is 20.1. The normalized spacial score (nSPS) is 18.5. The van der Waals surface area contributed by atoms with Crippen molar-refractivity contribution in [1.82, 2.24) is 36.6 Å². The van der Waals surface area contributed by atoms with Crippen LogP contribution in [0.4, 0.5) is 5.69 Å². The first-order valence-corrected chi connectivity index (χ1v) is 14.3. The Labute approximate surface area is 243 Å². The van der Waals surface area contributed by atoms with E-state index in [9.17, 15) is 29.1 Å². The molecule has 14 nitrogen and oxygen atoms in total. The van der Waals surface area contributed by atoms with E-state index in [1.54, 1.807) is 12.1 Å². The van der Waals surface area contributed by atoms with Crippen molar-refractivity contribution in [3.05, 3.63) is 35.7 Å². The number of carboxylic acids is 1. The minimum Gasteiger partial charge on any atom is -0.481 e. The van der Waals surface area contributed by atoms with E-state index in [0.29, 0.717) is 37.2 Å². The Balaban J connectivity index is 1.40. The predicted octanol–water partition coefficient (Wildman–Crippen LogP) is 0.846. The second-order valence-electron chi connectivity index (χ2n) is 11.3. The Hall–Kier alpha value is -4.36. The Bertz CT molecular complexity index is 1290. The summed E-state index contributed by atoms with van der Waals surface area (Å²) in [7, 11) is 0. The Morgan fingerprint density at radius 3 is 2.52 bits per heavy atom. The third kappa shape index (κ3) is 7.28. The van der Waals surface area contributed by atoms with Gasteiger partial charge in [0.25, 0.3) is 0 Å². The van der Waals surface area contributed by atoms with E-state index in [2.05, 4.69) is 36.6 Å². The number of hydrogen-bond donors (Lipinski definition) is 5. The van der Waals surface area contributed by atoms with Crippen LogP contribution in [0.1, 0.15) is 70.2 Å². The molecular weight excluding hydrogens is 544 g/mol. The zero-order chi connectivity index (χ0) is 30.3. The van der Waals surface area contributed by atoms with Crippen LogP contribution in [-0.4, -0.2) is 74.0 Å². The summed E-state index contributed by atoms with van der Waals surface area (Å²) in [6.45, 7) is 3.37. The molecule has 1 aromatic heterocycles. The maximum absolute atomic E-state index is 13.5. The van der Waals surface area contributed by atoms with Crippen LogP contribution in [0.2, 0.25) is 0 Å². The van der Waals surface area contributed by atoms with Crippen molar-refractivity contribution in [3.63, 3.8) is 0 Å². The van der Waals surface area contributed by atoms with Crippen molar-refractivity contribution in [1.29, 1.82) is 0 Å². The highest BCUT2D eigenvalue weighted by atomic mass is 16.4. The number of fused-ring (bicyclic) bond motifs is 1. The average Bonchev–Trinajstić information content (AvgIpc) is 3.72. The minimum absolute atomic E-state index is 0.0314. The number of anilines is 1. The number of aromatic nitrogens is 4. The zero-order valence-corrected chi connectivity index (χ0v) is 23.9. The van der Waals surface area contributed by atoms with E-state index in [1.807, 2.05) is 26.0 Å². The molecule has 1 saturated carbocycles. The van der Waals surface area contributed by atoms with E-state index in [-0.39, 0.29) is 37.8 Å². The summed E-state index contributed by atoms with van der Waals surface area (Å²) < 4.78 is 0. The number of hydrogen-bond acceptors (Lipinski definition) is 8. The Morgan fingerprint density at radius 2 is 1.86 bits per heavy atom. The quantitative estimate of drug-likeness (QED) is 0.227. The SMILES string of the molecule is CC[C@H](C)[C@H](NC(=O)CC1(CC(=O)O)CCCC1)C(=O)NCC(=O)N1c2ccccc2C[C@H]1C(=O)NCc1nn[nH]n1. The maximum Gasteiger partial charge on any atom is 0.303 e. The van der Waals surface area contributed by atoms with Gasteiger partial charge in [0.05, 0.1) is 19.5 Å². The Morgan fingerprint density at radius 1 is 1.12 bits per heavy atom. The third-order valence-electron chi connectivity index (χ3n) is 8.31. The second kappa shape index (κ2) is 13.5. The molecule has 2 heterocycles. The molecule has 4 amide bonds. The predicted molar refractivity (Wildman–Crippen MR) is 150 cm³/mol. The molecule has 42 heavy (non-hydrogen) atoms. The van der Waals surface area contributed by atoms with Gasteiger partial charge in [0, 0.05) is 18.5 Å². The van der Waals surface area contributed by atoms with Crippen molar-refractivity contribution in [3.8, 4) is 0 Å². The Kier molecular flexibility index (Phi) is 9.86. The summed E-state index contributed by atoms with van der Waals surface area (Å²) >= 11 is 0. The van der Waals surface area contributed by atoms with Crippen LogP contribution in [-0.2, 0) is 36.9 Å². The van der Waals surface area contributed by atoms with Crippen LogP contribution < -0.4 is 20.9 Å². The van der Waals surface area contributed by atoms with Crippen LogP contribution in [0.5, 0.6) is 0 Å². The minimum atomic E-state index is -0.940. The second-order valence-corrected chi connectivity index (χ2v) is 11.3. The number of para-hydroxylation sites is 1. The largest absolute Gasteiger partial charge is 0.481 e. The molecule has 2 aliphatic rings. The van der Waals surface area contributed by atoms with Crippen LogP contribution in [0.25, 0.3) is 0 Å². The van der Waals surface area contributed by atoms with Gasteiger partial charge in [0.1, 0.15) is 12.1 Å². The molecule has 0 saturated heterocycles. The molecule has 0 radical (unpaired) electrons. The molecule has 226 valence electrons. The van der Waals surface area contributed by atoms with Gasteiger partial charge in [-0.05, 0) is 35.8 Å². The lowest BCUT2D eigenvalue weighted by atomic mass is 9.79. The van der Waals surface area contributed by atoms with Gasteiger partial charge in [-0.3, -0.25) is 28.9 Å². The zero-order valence-electron chi connectivity index (χ0n) is 23.9.